The van der Waals surface area contributed by atoms with Crippen LogP contribution in [0.3, 0.4) is 0 Å². The Hall–Kier alpha value is -2.83. The summed E-state index contributed by atoms with van der Waals surface area (Å²) in [6.07, 6.45) is 5.70. The zero-order valence-electron chi connectivity index (χ0n) is 16.1. The Morgan fingerprint density at radius 1 is 1.00 bits per heavy atom. The summed E-state index contributed by atoms with van der Waals surface area (Å²) in [4.78, 5) is 28.6. The molecular weight excluding hydrogens is 344 g/mol. The third-order valence-electron chi connectivity index (χ3n) is 4.86. The van der Waals surface area contributed by atoms with Crippen LogP contribution in [-0.4, -0.2) is 25.3 Å². The molecule has 0 aliphatic heterocycles. The molecule has 0 saturated carbocycles. The first kappa shape index (κ1) is 18.9. The number of fused-ring (bicyclic) bond motifs is 1. The third-order valence-corrected chi connectivity index (χ3v) is 4.86. The zero-order chi connectivity index (χ0) is 19.4. The Morgan fingerprint density at radius 3 is 2.52 bits per heavy atom. The van der Waals surface area contributed by atoms with Crippen molar-refractivity contribution in [2.24, 2.45) is 14.1 Å². The van der Waals surface area contributed by atoms with Gasteiger partial charge in [-0.2, -0.15) is 0 Å². The summed E-state index contributed by atoms with van der Waals surface area (Å²) in [5, 5.41) is 0. The molecule has 0 N–H and O–H groups in total. The van der Waals surface area contributed by atoms with Crippen LogP contribution in [0.25, 0.3) is 11.2 Å². The third kappa shape index (κ3) is 3.97. The summed E-state index contributed by atoms with van der Waals surface area (Å²) in [5.41, 5.74) is 1.43. The fourth-order valence-corrected chi connectivity index (χ4v) is 3.20. The first-order valence-electron chi connectivity index (χ1n) is 9.30. The monoisotopic (exact) mass is 370 g/mol. The lowest BCUT2D eigenvalue weighted by atomic mass is 10.2. The molecule has 0 aliphatic rings. The standard InChI is InChI=1S/C20H26N4O3/c1-15-10-6-7-11-16(15)27-13-9-5-4-8-12-24-14-21-18-17(24)19(25)23(3)20(26)22(18)2/h6-7,10-11,14H,4-5,8-9,12-13H2,1-3H3. The van der Waals surface area contributed by atoms with Gasteiger partial charge in [-0.05, 0) is 31.4 Å². The Morgan fingerprint density at radius 2 is 1.74 bits per heavy atom. The van der Waals surface area contributed by atoms with Gasteiger partial charge >= 0.3 is 5.69 Å². The van der Waals surface area contributed by atoms with E-state index < -0.39 is 0 Å². The maximum absolute atomic E-state index is 12.4. The van der Waals surface area contributed by atoms with Crippen LogP contribution < -0.4 is 16.0 Å². The van der Waals surface area contributed by atoms with Crippen molar-refractivity contribution >= 4 is 11.2 Å². The van der Waals surface area contributed by atoms with E-state index in [2.05, 4.69) is 4.98 Å². The molecule has 2 heterocycles. The lowest BCUT2D eigenvalue weighted by molar-refractivity contribution is 0.302. The molecule has 2 aromatic heterocycles. The molecule has 7 nitrogen and oxygen atoms in total. The van der Waals surface area contributed by atoms with Gasteiger partial charge in [0.15, 0.2) is 11.2 Å². The summed E-state index contributed by atoms with van der Waals surface area (Å²) in [6, 6.07) is 8.03. The van der Waals surface area contributed by atoms with Crippen molar-refractivity contribution < 1.29 is 4.74 Å². The fourth-order valence-electron chi connectivity index (χ4n) is 3.20. The van der Waals surface area contributed by atoms with Crippen molar-refractivity contribution in [1.29, 1.82) is 0 Å². The first-order valence-corrected chi connectivity index (χ1v) is 9.30. The molecule has 0 unspecified atom stereocenters. The summed E-state index contributed by atoms with van der Waals surface area (Å²) < 4.78 is 10.2. The minimum atomic E-state index is -0.355. The average Bonchev–Trinajstić information content (AvgIpc) is 3.09. The first-order chi connectivity index (χ1) is 13.0. The van der Waals surface area contributed by atoms with E-state index >= 15 is 0 Å². The van der Waals surface area contributed by atoms with E-state index in [4.69, 9.17) is 4.74 Å². The molecule has 3 rings (SSSR count). The van der Waals surface area contributed by atoms with Crippen molar-refractivity contribution in [2.75, 3.05) is 6.61 Å². The predicted octanol–water partition coefficient (Wildman–Crippen LogP) is 2.38. The number of benzene rings is 1. The molecule has 0 aliphatic carbocycles. The normalized spacial score (nSPS) is 11.2. The molecule has 0 bridgehead atoms. The molecule has 0 fully saturated rings. The van der Waals surface area contributed by atoms with E-state index in [1.54, 1.807) is 13.4 Å². The number of imidazole rings is 1. The lowest BCUT2D eigenvalue weighted by Crippen LogP contribution is -2.37. The number of nitrogens with zero attached hydrogens (tertiary/aromatic N) is 4. The van der Waals surface area contributed by atoms with E-state index in [1.165, 1.54) is 11.6 Å². The van der Waals surface area contributed by atoms with E-state index in [1.807, 2.05) is 35.8 Å². The Labute approximate surface area is 157 Å². The predicted molar refractivity (Wildman–Crippen MR) is 105 cm³/mol. The van der Waals surface area contributed by atoms with Crippen molar-refractivity contribution in [3.05, 3.63) is 57.0 Å². The summed E-state index contributed by atoms with van der Waals surface area (Å²) in [7, 11) is 3.13. The average molecular weight is 370 g/mol. The highest BCUT2D eigenvalue weighted by Gasteiger charge is 2.13. The second-order valence-corrected chi connectivity index (χ2v) is 6.84. The number of rotatable bonds is 8. The van der Waals surface area contributed by atoms with Crippen LogP contribution in [0, 0.1) is 6.92 Å². The Kier molecular flexibility index (Phi) is 5.78. The number of para-hydroxylation sites is 1. The van der Waals surface area contributed by atoms with Gasteiger partial charge in [0.1, 0.15) is 5.75 Å². The quantitative estimate of drug-likeness (QED) is 0.571. The van der Waals surface area contributed by atoms with Gasteiger partial charge < -0.3 is 9.30 Å². The Balaban J connectivity index is 1.49. The van der Waals surface area contributed by atoms with Gasteiger partial charge in [0, 0.05) is 20.6 Å². The van der Waals surface area contributed by atoms with Crippen LogP contribution in [0.4, 0.5) is 0 Å². The van der Waals surface area contributed by atoms with Crippen molar-refractivity contribution in [2.45, 2.75) is 39.2 Å². The summed E-state index contributed by atoms with van der Waals surface area (Å²) >= 11 is 0. The second kappa shape index (κ2) is 8.24. The van der Waals surface area contributed by atoms with Gasteiger partial charge in [-0.25, -0.2) is 9.78 Å². The Bertz CT molecular complexity index is 1050. The zero-order valence-corrected chi connectivity index (χ0v) is 16.1. The summed E-state index contributed by atoms with van der Waals surface area (Å²) in [6.45, 7) is 3.47. The molecule has 0 amide bonds. The van der Waals surface area contributed by atoms with E-state index in [0.29, 0.717) is 24.3 Å². The molecule has 7 heteroatoms. The van der Waals surface area contributed by atoms with Crippen LogP contribution >= 0.6 is 0 Å². The number of aromatic nitrogens is 4. The number of hydrogen-bond donors (Lipinski definition) is 0. The highest BCUT2D eigenvalue weighted by atomic mass is 16.5. The topological polar surface area (TPSA) is 71.1 Å². The SMILES string of the molecule is Cc1ccccc1OCCCCCCn1cnc2c1c(=O)n(C)c(=O)n2C. The number of ether oxygens (including phenoxy) is 1. The van der Waals surface area contributed by atoms with E-state index in [-0.39, 0.29) is 11.2 Å². The molecule has 27 heavy (non-hydrogen) atoms. The van der Waals surface area contributed by atoms with Gasteiger partial charge in [-0.1, -0.05) is 31.0 Å². The van der Waals surface area contributed by atoms with Gasteiger partial charge in [0.25, 0.3) is 5.56 Å². The molecule has 144 valence electrons. The summed E-state index contributed by atoms with van der Waals surface area (Å²) in [5.74, 6) is 0.948. The van der Waals surface area contributed by atoms with Gasteiger partial charge in [-0.3, -0.25) is 13.9 Å². The highest BCUT2D eigenvalue weighted by Crippen LogP contribution is 2.16. The molecule has 0 radical (unpaired) electrons. The van der Waals surface area contributed by atoms with Crippen molar-refractivity contribution in [3.8, 4) is 5.75 Å². The molecule has 0 atom stereocenters. The number of aryl methyl sites for hydroxylation is 3. The molecule has 0 saturated heterocycles. The van der Waals surface area contributed by atoms with Gasteiger partial charge in [0.05, 0.1) is 12.9 Å². The highest BCUT2D eigenvalue weighted by molar-refractivity contribution is 5.69. The van der Waals surface area contributed by atoms with Crippen LogP contribution in [0.1, 0.15) is 31.2 Å². The van der Waals surface area contributed by atoms with Gasteiger partial charge in [0.2, 0.25) is 0 Å². The van der Waals surface area contributed by atoms with Crippen LogP contribution in [0.15, 0.2) is 40.2 Å². The lowest BCUT2D eigenvalue weighted by Gasteiger charge is -2.09. The van der Waals surface area contributed by atoms with E-state index in [9.17, 15) is 9.59 Å². The molecule has 3 aromatic rings. The molecule has 1 aromatic carbocycles. The van der Waals surface area contributed by atoms with Crippen molar-refractivity contribution in [1.82, 2.24) is 18.7 Å². The minimum Gasteiger partial charge on any atom is -0.493 e. The van der Waals surface area contributed by atoms with Crippen LogP contribution in [-0.2, 0) is 20.6 Å². The maximum Gasteiger partial charge on any atom is 0.332 e. The largest absolute Gasteiger partial charge is 0.493 e. The fraction of sp³-hybridized carbons (Fsp3) is 0.450. The minimum absolute atomic E-state index is 0.294. The number of hydrogen-bond acceptors (Lipinski definition) is 4. The smallest absolute Gasteiger partial charge is 0.332 e. The van der Waals surface area contributed by atoms with Crippen LogP contribution in [0.2, 0.25) is 0 Å². The van der Waals surface area contributed by atoms with Crippen molar-refractivity contribution in [3.63, 3.8) is 0 Å². The van der Waals surface area contributed by atoms with Gasteiger partial charge in [-0.15, -0.1) is 0 Å². The molecule has 0 spiro atoms. The number of unbranched alkanes of at least 4 members (excludes halogenated alkanes) is 3. The van der Waals surface area contributed by atoms with Crippen LogP contribution in [0.5, 0.6) is 5.75 Å². The van der Waals surface area contributed by atoms with E-state index in [0.717, 1.165) is 41.6 Å². The molecular formula is C20H26N4O3. The second-order valence-electron chi connectivity index (χ2n) is 6.84. The maximum atomic E-state index is 12.4.